The van der Waals surface area contributed by atoms with E-state index < -0.39 is 4.92 Å². The molecule has 0 saturated heterocycles. The molecule has 0 aliphatic heterocycles. The molecule has 0 radical (unpaired) electrons. The molecule has 0 unspecified atom stereocenters. The first-order valence-electron chi connectivity index (χ1n) is 9.05. The summed E-state index contributed by atoms with van der Waals surface area (Å²) in [5.74, 6) is 1.16. The van der Waals surface area contributed by atoms with E-state index in [0.29, 0.717) is 30.2 Å². The summed E-state index contributed by atoms with van der Waals surface area (Å²) in [5.41, 5.74) is 0.631. The Labute approximate surface area is 163 Å². The largest absolute Gasteiger partial charge is 0.497 e. The van der Waals surface area contributed by atoms with Gasteiger partial charge in [0.05, 0.1) is 18.6 Å². The monoisotopic (exact) mass is 385 g/mol. The van der Waals surface area contributed by atoms with Crippen molar-refractivity contribution in [3.63, 3.8) is 0 Å². The quantitative estimate of drug-likeness (QED) is 0.527. The van der Waals surface area contributed by atoms with Crippen LogP contribution in [0.3, 0.4) is 0 Å². The van der Waals surface area contributed by atoms with Gasteiger partial charge in [-0.1, -0.05) is 0 Å². The van der Waals surface area contributed by atoms with E-state index in [0.717, 1.165) is 18.6 Å². The second-order valence-electron chi connectivity index (χ2n) is 6.65. The van der Waals surface area contributed by atoms with Crippen molar-refractivity contribution in [2.24, 2.45) is 0 Å². The molecule has 0 heterocycles. The molecular formula is C20H23N3O5. The van der Waals surface area contributed by atoms with Gasteiger partial charge in [-0.3, -0.25) is 14.9 Å². The number of hydrogen-bond acceptors (Lipinski definition) is 6. The Balaban J connectivity index is 1.63. The predicted octanol–water partition coefficient (Wildman–Crippen LogP) is 3.01. The number of benzene rings is 2. The van der Waals surface area contributed by atoms with E-state index in [1.54, 1.807) is 55.5 Å². The molecule has 148 valence electrons. The molecule has 1 saturated carbocycles. The summed E-state index contributed by atoms with van der Waals surface area (Å²) in [6.45, 7) is 0.796. The van der Waals surface area contributed by atoms with E-state index in [9.17, 15) is 14.9 Å². The van der Waals surface area contributed by atoms with Crippen LogP contribution in [0.2, 0.25) is 0 Å². The van der Waals surface area contributed by atoms with E-state index >= 15 is 0 Å². The number of nitro groups is 1. The average Bonchev–Trinajstić information content (AvgIpc) is 3.51. The molecule has 28 heavy (non-hydrogen) atoms. The maximum absolute atomic E-state index is 12.1. The maximum atomic E-state index is 12.1. The van der Waals surface area contributed by atoms with Crippen molar-refractivity contribution in [3.05, 3.63) is 58.1 Å². The summed E-state index contributed by atoms with van der Waals surface area (Å²) in [6.07, 6.45) is 1.92. The number of hydrogen-bond donors (Lipinski definition) is 1. The van der Waals surface area contributed by atoms with Gasteiger partial charge in [0, 0.05) is 24.7 Å². The Morgan fingerprint density at radius 1 is 1.21 bits per heavy atom. The number of nitrogens with one attached hydrogen (secondary N) is 1. The molecule has 2 aromatic carbocycles. The summed E-state index contributed by atoms with van der Waals surface area (Å²) in [5, 5.41) is 14.3. The lowest BCUT2D eigenvalue weighted by Crippen LogP contribution is -2.26. The summed E-state index contributed by atoms with van der Waals surface area (Å²) in [6, 6.07) is 11.9. The molecule has 1 aliphatic rings. The Morgan fingerprint density at radius 2 is 1.89 bits per heavy atom. The number of anilines is 1. The van der Waals surface area contributed by atoms with Crippen molar-refractivity contribution < 1.29 is 19.2 Å². The minimum Gasteiger partial charge on any atom is -0.497 e. The molecular weight excluding hydrogens is 362 g/mol. The van der Waals surface area contributed by atoms with Gasteiger partial charge < -0.3 is 19.7 Å². The molecule has 0 atom stereocenters. The number of carbonyl (C=O) groups is 1. The summed E-state index contributed by atoms with van der Waals surface area (Å²) in [7, 11) is 3.35. The first kappa shape index (κ1) is 19.5. The molecule has 8 nitrogen and oxygen atoms in total. The predicted molar refractivity (Wildman–Crippen MR) is 105 cm³/mol. The Kier molecular flexibility index (Phi) is 5.98. The van der Waals surface area contributed by atoms with E-state index in [2.05, 4.69) is 5.32 Å². The van der Waals surface area contributed by atoms with Gasteiger partial charge in [0.1, 0.15) is 23.8 Å². The number of likely N-dealkylation sites (N-methyl/N-ethyl adjacent to an activating group) is 1. The molecule has 8 heteroatoms. The van der Waals surface area contributed by atoms with Gasteiger partial charge >= 0.3 is 0 Å². The third kappa shape index (κ3) is 4.91. The van der Waals surface area contributed by atoms with Crippen LogP contribution < -0.4 is 19.7 Å². The van der Waals surface area contributed by atoms with Crippen molar-refractivity contribution in [2.45, 2.75) is 18.9 Å². The van der Waals surface area contributed by atoms with E-state index in [-0.39, 0.29) is 17.6 Å². The number of ether oxygens (including phenoxy) is 2. The lowest BCUT2D eigenvalue weighted by atomic mass is 10.1. The Hall–Kier alpha value is -3.29. The number of rotatable bonds is 9. The van der Waals surface area contributed by atoms with Gasteiger partial charge in [-0.2, -0.15) is 0 Å². The highest BCUT2D eigenvalue weighted by atomic mass is 16.6. The van der Waals surface area contributed by atoms with Crippen LogP contribution in [0.5, 0.6) is 11.5 Å². The van der Waals surface area contributed by atoms with Gasteiger partial charge in [-0.25, -0.2) is 0 Å². The van der Waals surface area contributed by atoms with Crippen LogP contribution in [0.4, 0.5) is 11.4 Å². The van der Waals surface area contributed by atoms with Crippen molar-refractivity contribution in [1.29, 1.82) is 0 Å². The smallest absolute Gasteiger partial charge is 0.293 e. The molecule has 1 amide bonds. The number of nitrogens with zero attached hydrogens (tertiary/aromatic N) is 2. The highest BCUT2D eigenvalue weighted by Gasteiger charge is 2.25. The van der Waals surface area contributed by atoms with Gasteiger partial charge in [-0.15, -0.1) is 0 Å². The Morgan fingerprint density at radius 3 is 2.50 bits per heavy atom. The van der Waals surface area contributed by atoms with Crippen LogP contribution >= 0.6 is 0 Å². The minimum atomic E-state index is -0.468. The highest BCUT2D eigenvalue weighted by Crippen LogP contribution is 2.29. The van der Waals surface area contributed by atoms with Gasteiger partial charge in [0.2, 0.25) is 0 Å². The van der Waals surface area contributed by atoms with Crippen LogP contribution in [0.25, 0.3) is 0 Å². The van der Waals surface area contributed by atoms with Crippen LogP contribution in [-0.4, -0.2) is 44.2 Å². The number of amides is 1. The fraction of sp³-hybridized carbons (Fsp3) is 0.350. The second-order valence-corrected chi connectivity index (χ2v) is 6.65. The van der Waals surface area contributed by atoms with Gasteiger partial charge in [0.25, 0.3) is 11.6 Å². The Bertz CT molecular complexity index is 849. The van der Waals surface area contributed by atoms with Gasteiger partial charge in [-0.05, 0) is 49.2 Å². The normalized spacial score (nSPS) is 12.9. The van der Waals surface area contributed by atoms with Crippen LogP contribution in [0, 0.1) is 10.1 Å². The molecule has 1 N–H and O–H groups in total. The number of methoxy groups -OCH3 is 1. The fourth-order valence-electron chi connectivity index (χ4n) is 2.72. The standard InChI is InChI=1S/C20H23N3O5/c1-22(11-12-28-17-8-6-16(27-2)7-9-17)18-10-3-14(13-19(18)23(25)26)20(24)21-15-4-5-15/h3,6-10,13,15H,4-5,11-12H2,1-2H3,(H,21,24). The molecule has 1 aliphatic carbocycles. The number of carbonyl (C=O) groups excluding carboxylic acids is 1. The van der Waals surface area contributed by atoms with Crippen molar-refractivity contribution in [3.8, 4) is 11.5 Å². The zero-order chi connectivity index (χ0) is 20.1. The van der Waals surface area contributed by atoms with Crippen LogP contribution in [0.15, 0.2) is 42.5 Å². The molecule has 2 aromatic rings. The lowest BCUT2D eigenvalue weighted by Gasteiger charge is -2.20. The van der Waals surface area contributed by atoms with E-state index in [4.69, 9.17) is 9.47 Å². The van der Waals surface area contributed by atoms with Crippen LogP contribution in [0.1, 0.15) is 23.2 Å². The molecule has 0 spiro atoms. The fourth-order valence-corrected chi connectivity index (χ4v) is 2.72. The molecule has 3 rings (SSSR count). The summed E-state index contributed by atoms with van der Waals surface area (Å²) in [4.78, 5) is 24.9. The second kappa shape index (κ2) is 8.60. The molecule has 1 fully saturated rings. The molecule has 0 aromatic heterocycles. The average molecular weight is 385 g/mol. The van der Waals surface area contributed by atoms with Crippen LogP contribution in [-0.2, 0) is 0 Å². The maximum Gasteiger partial charge on any atom is 0.293 e. The minimum absolute atomic E-state index is 0.101. The summed E-state index contributed by atoms with van der Waals surface area (Å²) < 4.78 is 10.8. The topological polar surface area (TPSA) is 93.9 Å². The van der Waals surface area contributed by atoms with Gasteiger partial charge in [0.15, 0.2) is 0 Å². The zero-order valence-corrected chi connectivity index (χ0v) is 15.9. The SMILES string of the molecule is COc1ccc(OCCN(C)c2ccc(C(=O)NC3CC3)cc2[N+](=O)[O-])cc1. The van der Waals surface area contributed by atoms with Crippen molar-refractivity contribution in [1.82, 2.24) is 5.32 Å². The van der Waals surface area contributed by atoms with E-state index in [1.165, 1.54) is 6.07 Å². The number of nitro benzene ring substituents is 1. The van der Waals surface area contributed by atoms with E-state index in [1.807, 2.05) is 0 Å². The summed E-state index contributed by atoms with van der Waals surface area (Å²) >= 11 is 0. The van der Waals surface area contributed by atoms with Crippen molar-refractivity contribution >= 4 is 17.3 Å². The van der Waals surface area contributed by atoms with Crippen molar-refractivity contribution in [2.75, 3.05) is 32.2 Å². The first-order chi connectivity index (χ1) is 13.5. The zero-order valence-electron chi connectivity index (χ0n) is 15.9. The third-order valence-electron chi connectivity index (χ3n) is 4.51. The lowest BCUT2D eigenvalue weighted by molar-refractivity contribution is -0.384. The third-order valence-corrected chi connectivity index (χ3v) is 4.51. The highest BCUT2D eigenvalue weighted by molar-refractivity contribution is 5.96. The first-order valence-corrected chi connectivity index (χ1v) is 9.05. The molecule has 0 bridgehead atoms.